The van der Waals surface area contributed by atoms with Crippen LogP contribution in [0.5, 0.6) is 0 Å². The first-order chi connectivity index (χ1) is 5.43. The van der Waals surface area contributed by atoms with E-state index in [1.165, 1.54) is 5.00 Å². The summed E-state index contributed by atoms with van der Waals surface area (Å²) in [6, 6.07) is 6.16. The van der Waals surface area contributed by atoms with E-state index in [2.05, 4.69) is 11.4 Å². The summed E-state index contributed by atoms with van der Waals surface area (Å²) in [7, 11) is 0. The van der Waals surface area contributed by atoms with Crippen LogP contribution in [0.4, 0.5) is 5.00 Å². The van der Waals surface area contributed by atoms with Crippen molar-refractivity contribution in [1.82, 2.24) is 0 Å². The molecule has 0 fully saturated rings. The molecule has 3 heteroatoms. The van der Waals surface area contributed by atoms with Gasteiger partial charge in [-0.2, -0.15) is 5.26 Å². The maximum absolute atomic E-state index is 8.25. The molecule has 1 heterocycles. The van der Waals surface area contributed by atoms with Crippen molar-refractivity contribution in [2.24, 2.45) is 0 Å². The SMILES string of the molecule is N#CCCCNc1cccs1. The Morgan fingerprint density at radius 3 is 3.18 bits per heavy atom. The van der Waals surface area contributed by atoms with Gasteiger partial charge in [0.2, 0.25) is 0 Å². The van der Waals surface area contributed by atoms with Gasteiger partial charge in [-0.05, 0) is 23.9 Å². The molecule has 0 aliphatic rings. The molecule has 0 saturated carbocycles. The molecule has 1 rings (SSSR count). The molecular formula is C8H10N2S. The van der Waals surface area contributed by atoms with Crippen LogP contribution in [-0.4, -0.2) is 6.54 Å². The Morgan fingerprint density at radius 1 is 1.64 bits per heavy atom. The quantitative estimate of drug-likeness (QED) is 0.697. The highest BCUT2D eigenvalue weighted by atomic mass is 32.1. The molecule has 0 amide bonds. The van der Waals surface area contributed by atoms with Crippen molar-refractivity contribution in [2.45, 2.75) is 12.8 Å². The maximum Gasteiger partial charge on any atom is 0.0882 e. The summed E-state index contributed by atoms with van der Waals surface area (Å²) < 4.78 is 0. The second-order valence-electron chi connectivity index (χ2n) is 2.17. The predicted molar refractivity (Wildman–Crippen MR) is 47.7 cm³/mol. The van der Waals surface area contributed by atoms with Gasteiger partial charge >= 0.3 is 0 Å². The fourth-order valence-corrected chi connectivity index (χ4v) is 1.40. The lowest BCUT2D eigenvalue weighted by atomic mass is 10.3. The van der Waals surface area contributed by atoms with Gasteiger partial charge in [0.15, 0.2) is 0 Å². The van der Waals surface area contributed by atoms with E-state index in [4.69, 9.17) is 5.26 Å². The van der Waals surface area contributed by atoms with Crippen LogP contribution in [0.2, 0.25) is 0 Å². The Balaban J connectivity index is 2.10. The standard InChI is InChI=1S/C8H10N2S/c9-5-1-2-6-10-8-4-3-7-11-8/h3-4,7,10H,1-2,6H2. The van der Waals surface area contributed by atoms with E-state index >= 15 is 0 Å². The Kier molecular flexibility index (Phi) is 3.49. The molecule has 0 radical (unpaired) electrons. The van der Waals surface area contributed by atoms with Gasteiger partial charge in [-0.3, -0.25) is 0 Å². The van der Waals surface area contributed by atoms with Gasteiger partial charge in [-0.25, -0.2) is 0 Å². The Morgan fingerprint density at radius 2 is 2.55 bits per heavy atom. The van der Waals surface area contributed by atoms with Crippen molar-refractivity contribution in [1.29, 1.82) is 5.26 Å². The second-order valence-corrected chi connectivity index (χ2v) is 3.11. The lowest BCUT2D eigenvalue weighted by Crippen LogP contribution is -1.98. The van der Waals surface area contributed by atoms with E-state index in [0.29, 0.717) is 6.42 Å². The van der Waals surface area contributed by atoms with Crippen LogP contribution in [0, 0.1) is 11.3 Å². The van der Waals surface area contributed by atoms with Gasteiger partial charge in [0, 0.05) is 13.0 Å². The van der Waals surface area contributed by atoms with Crippen LogP contribution < -0.4 is 5.32 Å². The highest BCUT2D eigenvalue weighted by Gasteiger charge is 1.89. The molecule has 0 atom stereocenters. The topological polar surface area (TPSA) is 35.8 Å². The van der Waals surface area contributed by atoms with Gasteiger partial charge in [-0.15, -0.1) is 11.3 Å². The minimum Gasteiger partial charge on any atom is -0.377 e. The Bertz CT molecular complexity index is 223. The highest BCUT2D eigenvalue weighted by Crippen LogP contribution is 2.14. The molecule has 1 aromatic heterocycles. The fourth-order valence-electron chi connectivity index (χ4n) is 0.758. The summed E-state index contributed by atoms with van der Waals surface area (Å²) in [5.74, 6) is 0. The number of rotatable bonds is 4. The second kappa shape index (κ2) is 4.75. The van der Waals surface area contributed by atoms with E-state index in [9.17, 15) is 0 Å². The number of hydrogen-bond acceptors (Lipinski definition) is 3. The lowest BCUT2D eigenvalue weighted by Gasteiger charge is -1.98. The van der Waals surface area contributed by atoms with Crippen molar-refractivity contribution < 1.29 is 0 Å². The lowest BCUT2D eigenvalue weighted by molar-refractivity contribution is 0.900. The number of hydrogen-bond donors (Lipinski definition) is 1. The average molecular weight is 166 g/mol. The number of anilines is 1. The summed E-state index contributed by atoms with van der Waals surface area (Å²) in [4.78, 5) is 0. The van der Waals surface area contributed by atoms with E-state index in [1.807, 2.05) is 17.5 Å². The van der Waals surface area contributed by atoms with Crippen molar-refractivity contribution in [2.75, 3.05) is 11.9 Å². The van der Waals surface area contributed by atoms with Crippen molar-refractivity contribution in [3.63, 3.8) is 0 Å². The molecule has 1 N–H and O–H groups in total. The smallest absolute Gasteiger partial charge is 0.0882 e. The number of unbranched alkanes of at least 4 members (excludes halogenated alkanes) is 1. The first kappa shape index (κ1) is 8.09. The maximum atomic E-state index is 8.25. The van der Waals surface area contributed by atoms with Crippen LogP contribution in [0.15, 0.2) is 17.5 Å². The van der Waals surface area contributed by atoms with Gasteiger partial charge in [0.1, 0.15) is 0 Å². The van der Waals surface area contributed by atoms with E-state index in [1.54, 1.807) is 11.3 Å². The number of nitrogens with zero attached hydrogens (tertiary/aromatic N) is 1. The molecule has 0 aliphatic heterocycles. The van der Waals surface area contributed by atoms with Gasteiger partial charge in [0.05, 0.1) is 11.1 Å². The fraction of sp³-hybridized carbons (Fsp3) is 0.375. The molecule has 58 valence electrons. The van der Waals surface area contributed by atoms with Gasteiger partial charge in [0.25, 0.3) is 0 Å². The summed E-state index contributed by atoms with van der Waals surface area (Å²) >= 11 is 1.69. The zero-order chi connectivity index (χ0) is 7.94. The molecule has 11 heavy (non-hydrogen) atoms. The molecule has 0 saturated heterocycles. The van der Waals surface area contributed by atoms with Crippen LogP contribution in [0.25, 0.3) is 0 Å². The Hall–Kier alpha value is -1.01. The number of thiophene rings is 1. The molecule has 0 aromatic carbocycles. The zero-order valence-corrected chi connectivity index (χ0v) is 7.03. The monoisotopic (exact) mass is 166 g/mol. The molecule has 0 bridgehead atoms. The summed E-state index contributed by atoms with van der Waals surface area (Å²) in [6.45, 7) is 0.897. The summed E-state index contributed by atoms with van der Waals surface area (Å²) in [5.41, 5.74) is 0. The van der Waals surface area contributed by atoms with Crippen molar-refractivity contribution >= 4 is 16.3 Å². The van der Waals surface area contributed by atoms with Crippen LogP contribution in [0.1, 0.15) is 12.8 Å². The van der Waals surface area contributed by atoms with Crippen molar-refractivity contribution in [3.8, 4) is 6.07 Å². The predicted octanol–water partition coefficient (Wildman–Crippen LogP) is 2.46. The molecular weight excluding hydrogens is 156 g/mol. The molecule has 0 aliphatic carbocycles. The van der Waals surface area contributed by atoms with E-state index < -0.39 is 0 Å². The first-order valence-electron chi connectivity index (χ1n) is 3.58. The molecule has 1 aromatic rings. The molecule has 2 nitrogen and oxygen atoms in total. The largest absolute Gasteiger partial charge is 0.377 e. The molecule has 0 unspecified atom stereocenters. The third-order valence-corrected chi connectivity index (χ3v) is 2.11. The van der Waals surface area contributed by atoms with Gasteiger partial charge in [-0.1, -0.05) is 0 Å². The van der Waals surface area contributed by atoms with Crippen LogP contribution in [0.3, 0.4) is 0 Å². The summed E-state index contributed by atoms with van der Waals surface area (Å²) in [6.07, 6.45) is 1.56. The third kappa shape index (κ3) is 3.06. The van der Waals surface area contributed by atoms with Crippen LogP contribution >= 0.6 is 11.3 Å². The van der Waals surface area contributed by atoms with Crippen LogP contribution in [-0.2, 0) is 0 Å². The minimum atomic E-state index is 0.637. The normalized spacial score (nSPS) is 9.00. The number of nitriles is 1. The summed E-state index contributed by atoms with van der Waals surface area (Å²) in [5, 5.41) is 14.7. The highest BCUT2D eigenvalue weighted by molar-refractivity contribution is 7.14. The third-order valence-electron chi connectivity index (χ3n) is 1.29. The van der Waals surface area contributed by atoms with E-state index in [-0.39, 0.29) is 0 Å². The van der Waals surface area contributed by atoms with Crippen molar-refractivity contribution in [3.05, 3.63) is 17.5 Å². The first-order valence-corrected chi connectivity index (χ1v) is 4.46. The van der Waals surface area contributed by atoms with E-state index in [0.717, 1.165) is 13.0 Å². The minimum absolute atomic E-state index is 0.637. The zero-order valence-electron chi connectivity index (χ0n) is 6.21. The molecule has 0 spiro atoms. The van der Waals surface area contributed by atoms with Gasteiger partial charge < -0.3 is 5.32 Å². The Labute approximate surface area is 70.5 Å². The average Bonchev–Trinajstić information content (AvgIpc) is 2.50. The number of nitrogens with one attached hydrogen (secondary N) is 1.